The molecule has 1 unspecified atom stereocenters. The first-order valence-corrected chi connectivity index (χ1v) is 14.2. The van der Waals surface area contributed by atoms with Crippen LogP contribution < -0.4 is 0 Å². The van der Waals surface area contributed by atoms with E-state index in [9.17, 15) is 40.7 Å². The molecule has 2 aliphatic heterocycles. The van der Waals surface area contributed by atoms with Crippen LogP contribution in [0.2, 0.25) is 0 Å². The SMILES string of the molecule is CN(Cc1cc(C(F)(F)F)cc(C(F)(F)F)c1)C(=O)C1[C@@H](c2ccccc2)CCCN1C(=O)C1CN(C(=O)OC(C)(C)C)C1. The molecule has 0 radical (unpaired) electrons. The smallest absolute Gasteiger partial charge is 0.416 e. The number of amides is 3. The first-order valence-electron chi connectivity index (χ1n) is 14.2. The van der Waals surface area contributed by atoms with Crippen LogP contribution in [0.15, 0.2) is 48.5 Å². The molecule has 2 fully saturated rings. The number of rotatable bonds is 5. The highest BCUT2D eigenvalue weighted by Crippen LogP contribution is 2.38. The van der Waals surface area contributed by atoms with Gasteiger partial charge in [0, 0.05) is 39.1 Å². The van der Waals surface area contributed by atoms with E-state index in [1.54, 1.807) is 39.0 Å². The summed E-state index contributed by atoms with van der Waals surface area (Å²) in [6.45, 7) is 5.06. The van der Waals surface area contributed by atoms with Crippen LogP contribution in [0, 0.1) is 5.92 Å². The minimum Gasteiger partial charge on any atom is -0.444 e. The molecule has 3 amide bonds. The lowest BCUT2D eigenvalue weighted by molar-refractivity contribution is -0.154. The van der Waals surface area contributed by atoms with Crippen molar-refractivity contribution in [3.63, 3.8) is 0 Å². The zero-order valence-electron chi connectivity index (χ0n) is 24.8. The van der Waals surface area contributed by atoms with Crippen LogP contribution in [-0.2, 0) is 33.2 Å². The Morgan fingerprint density at radius 1 is 0.909 bits per heavy atom. The second-order valence-electron chi connectivity index (χ2n) is 12.3. The Kier molecular flexibility index (Phi) is 9.27. The van der Waals surface area contributed by atoms with Gasteiger partial charge < -0.3 is 19.4 Å². The average molecular weight is 628 g/mol. The van der Waals surface area contributed by atoms with Crippen molar-refractivity contribution in [3.05, 3.63) is 70.8 Å². The van der Waals surface area contributed by atoms with Crippen molar-refractivity contribution in [2.24, 2.45) is 5.92 Å². The van der Waals surface area contributed by atoms with E-state index in [-0.39, 0.29) is 37.2 Å². The van der Waals surface area contributed by atoms with Crippen LogP contribution in [0.3, 0.4) is 0 Å². The predicted octanol–water partition coefficient (Wildman–Crippen LogP) is 6.32. The van der Waals surface area contributed by atoms with E-state index < -0.39 is 65.5 Å². The normalized spacial score (nSPS) is 19.8. The minimum absolute atomic E-state index is 0.0392. The summed E-state index contributed by atoms with van der Waals surface area (Å²) in [5.41, 5.74) is -3.23. The monoisotopic (exact) mass is 627 g/mol. The second kappa shape index (κ2) is 12.3. The molecular formula is C31H35F6N3O4. The Hall–Kier alpha value is -3.77. The summed E-state index contributed by atoms with van der Waals surface area (Å²) in [6.07, 6.45) is -9.51. The van der Waals surface area contributed by atoms with Crippen molar-refractivity contribution < 1.29 is 45.5 Å². The number of nitrogens with zero attached hydrogens (tertiary/aromatic N) is 3. The van der Waals surface area contributed by atoms with Gasteiger partial charge in [-0.25, -0.2) is 4.79 Å². The van der Waals surface area contributed by atoms with E-state index in [4.69, 9.17) is 4.74 Å². The summed E-state index contributed by atoms with van der Waals surface area (Å²) >= 11 is 0. The molecule has 0 N–H and O–H groups in total. The predicted molar refractivity (Wildman–Crippen MR) is 148 cm³/mol. The quantitative estimate of drug-likeness (QED) is 0.364. The molecule has 13 heteroatoms. The summed E-state index contributed by atoms with van der Waals surface area (Å²) in [6, 6.07) is 9.17. The molecule has 0 aliphatic carbocycles. The molecule has 0 saturated carbocycles. The fourth-order valence-electron chi connectivity index (χ4n) is 5.63. The second-order valence-corrected chi connectivity index (χ2v) is 12.3. The standard InChI is InChI=1S/C31H35F6N3O4/c1-29(2,3)44-28(43)39-17-21(18-39)26(41)40-12-8-11-24(20-9-6-5-7-10-20)25(40)27(42)38(4)16-19-13-22(30(32,33)34)15-23(14-19)31(35,36)37/h5-7,9-10,13-15,21,24-25H,8,11-12,16-18H2,1-4H3/t24-,25?/m1/s1. The molecule has 2 saturated heterocycles. The minimum atomic E-state index is -5.03. The molecule has 0 aromatic heterocycles. The molecule has 4 rings (SSSR count). The lowest BCUT2D eigenvalue weighted by Crippen LogP contribution is -2.62. The van der Waals surface area contributed by atoms with Crippen molar-refractivity contribution in [3.8, 4) is 0 Å². The average Bonchev–Trinajstić information content (AvgIpc) is 2.89. The molecule has 2 aliphatic rings. The van der Waals surface area contributed by atoms with Crippen LogP contribution in [0.4, 0.5) is 31.1 Å². The summed E-state index contributed by atoms with van der Waals surface area (Å²) in [5.74, 6) is -2.01. The summed E-state index contributed by atoms with van der Waals surface area (Å²) in [5, 5.41) is 0. The van der Waals surface area contributed by atoms with E-state index in [1.165, 1.54) is 16.8 Å². The van der Waals surface area contributed by atoms with E-state index >= 15 is 0 Å². The van der Waals surface area contributed by atoms with Crippen molar-refractivity contribution in [2.45, 2.75) is 70.1 Å². The van der Waals surface area contributed by atoms with Crippen LogP contribution in [-0.4, -0.2) is 70.9 Å². The Labute approximate surface area is 251 Å². The van der Waals surface area contributed by atoms with Gasteiger partial charge in [-0.3, -0.25) is 9.59 Å². The first kappa shape index (κ1) is 33.1. The number of carbonyl (C=O) groups excluding carboxylic acids is 3. The van der Waals surface area contributed by atoms with Gasteiger partial charge in [-0.05, 0) is 62.9 Å². The molecule has 0 bridgehead atoms. The van der Waals surface area contributed by atoms with E-state index in [0.717, 1.165) is 10.5 Å². The van der Waals surface area contributed by atoms with Gasteiger partial charge in [-0.1, -0.05) is 30.3 Å². The number of piperidine rings is 1. The Morgan fingerprint density at radius 2 is 1.48 bits per heavy atom. The molecular weight excluding hydrogens is 592 g/mol. The summed E-state index contributed by atoms with van der Waals surface area (Å²) in [4.78, 5) is 44.1. The van der Waals surface area contributed by atoms with Crippen molar-refractivity contribution >= 4 is 17.9 Å². The number of halogens is 6. The van der Waals surface area contributed by atoms with E-state index in [0.29, 0.717) is 25.0 Å². The number of hydrogen-bond donors (Lipinski definition) is 0. The van der Waals surface area contributed by atoms with Gasteiger partial charge in [-0.2, -0.15) is 26.3 Å². The Balaban J connectivity index is 1.60. The zero-order valence-corrected chi connectivity index (χ0v) is 24.8. The third-order valence-electron chi connectivity index (χ3n) is 7.72. The fraction of sp³-hybridized carbons (Fsp3) is 0.516. The summed E-state index contributed by atoms with van der Waals surface area (Å²) in [7, 11) is 1.29. The lowest BCUT2D eigenvalue weighted by Gasteiger charge is -2.46. The maximum Gasteiger partial charge on any atom is 0.416 e. The third kappa shape index (κ3) is 7.65. The van der Waals surface area contributed by atoms with Crippen LogP contribution in [0.5, 0.6) is 0 Å². The number of likely N-dealkylation sites (N-methyl/N-ethyl adjacent to an activating group) is 1. The van der Waals surface area contributed by atoms with E-state index in [1.807, 2.05) is 12.1 Å². The van der Waals surface area contributed by atoms with Crippen molar-refractivity contribution in [1.29, 1.82) is 0 Å². The molecule has 2 heterocycles. The van der Waals surface area contributed by atoms with Gasteiger partial charge in [0.05, 0.1) is 17.0 Å². The zero-order chi connectivity index (χ0) is 32.6. The topological polar surface area (TPSA) is 70.2 Å². The Bertz CT molecular complexity index is 1330. The molecule has 240 valence electrons. The van der Waals surface area contributed by atoms with Crippen molar-refractivity contribution in [2.75, 3.05) is 26.7 Å². The molecule has 0 spiro atoms. The van der Waals surface area contributed by atoms with Crippen LogP contribution >= 0.6 is 0 Å². The van der Waals surface area contributed by atoms with Gasteiger partial charge in [-0.15, -0.1) is 0 Å². The molecule has 44 heavy (non-hydrogen) atoms. The van der Waals surface area contributed by atoms with Gasteiger partial charge in [0.25, 0.3) is 0 Å². The first-order chi connectivity index (χ1) is 20.3. The maximum atomic E-state index is 14.0. The van der Waals surface area contributed by atoms with Crippen LogP contribution in [0.1, 0.15) is 61.8 Å². The van der Waals surface area contributed by atoms with Gasteiger partial charge in [0.2, 0.25) is 11.8 Å². The lowest BCUT2D eigenvalue weighted by atomic mass is 9.81. The number of alkyl halides is 6. The van der Waals surface area contributed by atoms with Gasteiger partial charge in [0.1, 0.15) is 11.6 Å². The highest BCUT2D eigenvalue weighted by Gasteiger charge is 2.47. The highest BCUT2D eigenvalue weighted by atomic mass is 19.4. The molecule has 7 nitrogen and oxygen atoms in total. The number of hydrogen-bond acceptors (Lipinski definition) is 4. The number of benzene rings is 2. The number of likely N-dealkylation sites (tertiary alicyclic amines) is 2. The highest BCUT2D eigenvalue weighted by molar-refractivity contribution is 5.91. The molecule has 2 atom stereocenters. The van der Waals surface area contributed by atoms with Gasteiger partial charge in [0.15, 0.2) is 0 Å². The molecule has 2 aromatic rings. The Morgan fingerprint density at radius 3 is 2.00 bits per heavy atom. The number of ether oxygens (including phenoxy) is 1. The molecule has 2 aromatic carbocycles. The van der Waals surface area contributed by atoms with Crippen molar-refractivity contribution in [1.82, 2.24) is 14.7 Å². The summed E-state index contributed by atoms with van der Waals surface area (Å²) < 4.78 is 86.1. The number of carbonyl (C=O) groups is 3. The largest absolute Gasteiger partial charge is 0.444 e. The third-order valence-corrected chi connectivity index (χ3v) is 7.72. The maximum absolute atomic E-state index is 14.0. The van der Waals surface area contributed by atoms with Crippen LogP contribution in [0.25, 0.3) is 0 Å². The van der Waals surface area contributed by atoms with E-state index in [2.05, 4.69) is 0 Å². The van der Waals surface area contributed by atoms with Gasteiger partial charge >= 0.3 is 18.4 Å². The fourth-order valence-corrected chi connectivity index (χ4v) is 5.63.